The Morgan fingerprint density at radius 1 is 1.16 bits per heavy atom. The number of aryl methyl sites for hydroxylation is 1. The minimum atomic E-state index is 0.0700. The zero-order chi connectivity index (χ0) is 17.4. The van der Waals surface area contributed by atoms with Crippen LogP contribution < -0.4 is 0 Å². The molecule has 3 heterocycles. The quantitative estimate of drug-likeness (QED) is 0.845. The molecule has 0 unspecified atom stereocenters. The lowest BCUT2D eigenvalue weighted by Crippen LogP contribution is -2.48. The van der Waals surface area contributed by atoms with Crippen molar-refractivity contribution in [2.45, 2.75) is 37.3 Å². The molecule has 2 aliphatic heterocycles. The molecule has 0 spiro atoms. The molecule has 0 N–H and O–H groups in total. The standard InChI is InChI=1S/C20H26N4O/c1-22-13-11-21-19(22)20(25)24-12-7-6-10-17-18(24)16(14-23(17)2)15-8-4-3-5-9-15/h3-5,8-9,11,13,16-18H,6-7,10,12,14H2,1-2H3/t16-,17-,18-/m0/s1. The van der Waals surface area contributed by atoms with Crippen LogP contribution in [0.3, 0.4) is 0 Å². The summed E-state index contributed by atoms with van der Waals surface area (Å²) in [6.07, 6.45) is 6.96. The van der Waals surface area contributed by atoms with E-state index in [-0.39, 0.29) is 11.9 Å². The lowest BCUT2D eigenvalue weighted by Gasteiger charge is -2.35. The number of carbonyl (C=O) groups excluding carboxylic acids is 1. The van der Waals surface area contributed by atoms with Gasteiger partial charge >= 0.3 is 0 Å². The van der Waals surface area contributed by atoms with Crippen LogP contribution in [0.25, 0.3) is 0 Å². The fourth-order valence-electron chi connectivity index (χ4n) is 4.62. The molecule has 4 rings (SSSR count). The van der Waals surface area contributed by atoms with Crippen LogP contribution in [-0.4, -0.2) is 57.5 Å². The van der Waals surface area contributed by atoms with Crippen LogP contribution in [0.4, 0.5) is 0 Å². The maximum absolute atomic E-state index is 13.3. The van der Waals surface area contributed by atoms with Gasteiger partial charge in [-0.05, 0) is 25.5 Å². The summed E-state index contributed by atoms with van der Waals surface area (Å²) in [5.74, 6) is 0.973. The number of fused-ring (bicyclic) bond motifs is 1. The van der Waals surface area contributed by atoms with Gasteiger partial charge in [-0.2, -0.15) is 0 Å². The minimum Gasteiger partial charge on any atom is -0.331 e. The molecule has 0 aliphatic carbocycles. The van der Waals surface area contributed by atoms with Gasteiger partial charge in [0.2, 0.25) is 0 Å². The Hall–Kier alpha value is -2.14. The zero-order valence-electron chi connectivity index (χ0n) is 15.0. The second kappa shape index (κ2) is 6.64. The Kier molecular flexibility index (Phi) is 4.34. The highest BCUT2D eigenvalue weighted by atomic mass is 16.2. The molecule has 1 aromatic carbocycles. The molecule has 2 saturated heterocycles. The van der Waals surface area contributed by atoms with Crippen LogP contribution in [0.15, 0.2) is 42.7 Å². The first-order chi connectivity index (χ1) is 12.2. The van der Waals surface area contributed by atoms with Crippen molar-refractivity contribution < 1.29 is 4.79 Å². The van der Waals surface area contributed by atoms with E-state index in [2.05, 4.69) is 52.2 Å². The summed E-state index contributed by atoms with van der Waals surface area (Å²) in [7, 11) is 4.10. The van der Waals surface area contributed by atoms with Crippen LogP contribution in [0, 0.1) is 0 Å². The molecule has 0 bridgehead atoms. The van der Waals surface area contributed by atoms with E-state index >= 15 is 0 Å². The maximum Gasteiger partial charge on any atom is 0.290 e. The van der Waals surface area contributed by atoms with E-state index in [0.29, 0.717) is 17.8 Å². The lowest BCUT2D eigenvalue weighted by molar-refractivity contribution is 0.0628. The zero-order valence-corrected chi connectivity index (χ0v) is 15.0. The molecule has 132 valence electrons. The monoisotopic (exact) mass is 338 g/mol. The molecule has 0 radical (unpaired) electrons. The third-order valence-electron chi connectivity index (χ3n) is 5.87. The Balaban J connectivity index is 1.72. The van der Waals surface area contributed by atoms with Gasteiger partial charge in [0.25, 0.3) is 5.91 Å². The Morgan fingerprint density at radius 3 is 2.68 bits per heavy atom. The third kappa shape index (κ3) is 2.86. The van der Waals surface area contributed by atoms with Crippen molar-refractivity contribution in [1.82, 2.24) is 19.4 Å². The van der Waals surface area contributed by atoms with E-state index in [0.717, 1.165) is 25.9 Å². The number of aromatic nitrogens is 2. The van der Waals surface area contributed by atoms with E-state index in [1.54, 1.807) is 6.20 Å². The van der Waals surface area contributed by atoms with Crippen LogP contribution in [0.1, 0.15) is 41.4 Å². The number of benzene rings is 1. The van der Waals surface area contributed by atoms with Gasteiger partial charge in [-0.3, -0.25) is 4.79 Å². The summed E-state index contributed by atoms with van der Waals surface area (Å²) in [5.41, 5.74) is 1.33. The van der Waals surface area contributed by atoms with Gasteiger partial charge in [-0.1, -0.05) is 36.8 Å². The first kappa shape index (κ1) is 16.3. The highest BCUT2D eigenvalue weighted by Crippen LogP contribution is 2.39. The van der Waals surface area contributed by atoms with Gasteiger partial charge in [0.15, 0.2) is 5.82 Å². The molecular weight excluding hydrogens is 312 g/mol. The molecule has 3 atom stereocenters. The predicted molar refractivity (Wildman–Crippen MR) is 97.5 cm³/mol. The number of rotatable bonds is 2. The first-order valence-electron chi connectivity index (χ1n) is 9.20. The van der Waals surface area contributed by atoms with E-state index in [9.17, 15) is 4.79 Å². The summed E-state index contributed by atoms with van der Waals surface area (Å²) in [6, 6.07) is 11.3. The first-order valence-corrected chi connectivity index (χ1v) is 9.20. The molecule has 1 amide bonds. The SMILES string of the molecule is CN1C[C@@H](c2ccccc2)[C@H]2[C@@H]1CCCCN2C(=O)c1nccn1C. The molecule has 0 saturated carbocycles. The number of nitrogens with zero attached hydrogens (tertiary/aromatic N) is 4. The topological polar surface area (TPSA) is 41.4 Å². The van der Waals surface area contributed by atoms with Crippen molar-refractivity contribution in [2.75, 3.05) is 20.1 Å². The molecule has 5 nitrogen and oxygen atoms in total. The molecule has 2 fully saturated rings. The molecule has 1 aromatic heterocycles. The normalized spacial score (nSPS) is 27.1. The van der Waals surface area contributed by atoms with Crippen molar-refractivity contribution in [3.05, 3.63) is 54.1 Å². The number of likely N-dealkylation sites (tertiary alicyclic amines) is 2. The van der Waals surface area contributed by atoms with Gasteiger partial charge in [-0.15, -0.1) is 0 Å². The molecule has 25 heavy (non-hydrogen) atoms. The minimum absolute atomic E-state index is 0.0700. The van der Waals surface area contributed by atoms with Crippen molar-refractivity contribution in [2.24, 2.45) is 7.05 Å². The number of imidazole rings is 1. The average molecular weight is 338 g/mol. The largest absolute Gasteiger partial charge is 0.331 e. The van der Waals surface area contributed by atoms with Crippen molar-refractivity contribution >= 4 is 5.91 Å². The maximum atomic E-state index is 13.3. The molecule has 5 heteroatoms. The fourth-order valence-corrected chi connectivity index (χ4v) is 4.62. The average Bonchev–Trinajstić information content (AvgIpc) is 3.11. The van der Waals surface area contributed by atoms with Crippen LogP contribution >= 0.6 is 0 Å². The van der Waals surface area contributed by atoms with Crippen LogP contribution in [0.5, 0.6) is 0 Å². The number of hydrogen-bond acceptors (Lipinski definition) is 3. The second-order valence-electron chi connectivity index (χ2n) is 7.37. The Labute approximate surface area is 149 Å². The smallest absolute Gasteiger partial charge is 0.290 e. The number of likely N-dealkylation sites (N-methyl/N-ethyl adjacent to an activating group) is 1. The van der Waals surface area contributed by atoms with Gasteiger partial charge in [0.1, 0.15) is 0 Å². The second-order valence-corrected chi connectivity index (χ2v) is 7.37. The van der Waals surface area contributed by atoms with Gasteiger partial charge in [-0.25, -0.2) is 4.98 Å². The fraction of sp³-hybridized carbons (Fsp3) is 0.500. The number of hydrogen-bond donors (Lipinski definition) is 0. The summed E-state index contributed by atoms with van der Waals surface area (Å²) in [6.45, 7) is 1.83. The predicted octanol–water partition coefficient (Wildman–Crippen LogP) is 2.51. The van der Waals surface area contributed by atoms with Gasteiger partial charge in [0.05, 0.1) is 6.04 Å². The van der Waals surface area contributed by atoms with Crippen LogP contribution in [0.2, 0.25) is 0 Å². The van der Waals surface area contributed by atoms with Crippen molar-refractivity contribution in [1.29, 1.82) is 0 Å². The number of carbonyl (C=O) groups is 1. The summed E-state index contributed by atoms with van der Waals surface area (Å²) >= 11 is 0. The molecular formula is C20H26N4O. The Morgan fingerprint density at radius 2 is 1.96 bits per heavy atom. The molecule has 2 aliphatic rings. The highest BCUT2D eigenvalue weighted by molar-refractivity contribution is 5.91. The van der Waals surface area contributed by atoms with Crippen LogP contribution in [-0.2, 0) is 7.05 Å². The van der Waals surface area contributed by atoms with E-state index in [1.165, 1.54) is 12.0 Å². The van der Waals surface area contributed by atoms with Crippen molar-refractivity contribution in [3.8, 4) is 0 Å². The summed E-state index contributed by atoms with van der Waals surface area (Å²) < 4.78 is 1.83. The highest BCUT2D eigenvalue weighted by Gasteiger charge is 2.46. The third-order valence-corrected chi connectivity index (χ3v) is 5.87. The van der Waals surface area contributed by atoms with Gasteiger partial charge in [0, 0.05) is 44.5 Å². The van der Waals surface area contributed by atoms with Gasteiger partial charge < -0.3 is 14.4 Å². The van der Waals surface area contributed by atoms with Crippen molar-refractivity contribution in [3.63, 3.8) is 0 Å². The lowest BCUT2D eigenvalue weighted by atomic mass is 9.89. The molecule has 2 aromatic rings. The number of amides is 1. The summed E-state index contributed by atoms with van der Waals surface area (Å²) in [5, 5.41) is 0. The Bertz CT molecular complexity index is 741. The van der Waals surface area contributed by atoms with E-state index in [1.807, 2.05) is 17.8 Å². The summed E-state index contributed by atoms with van der Waals surface area (Å²) in [4.78, 5) is 22.2. The van der Waals surface area contributed by atoms with E-state index < -0.39 is 0 Å². The van der Waals surface area contributed by atoms with E-state index in [4.69, 9.17) is 0 Å².